The van der Waals surface area contributed by atoms with E-state index < -0.39 is 14.6 Å². The maximum Gasteiger partial charge on any atom is 0.225 e. The Labute approximate surface area is 157 Å². The molecule has 1 aromatic heterocycles. The summed E-state index contributed by atoms with van der Waals surface area (Å²) in [5.74, 6) is 0.275. The van der Waals surface area contributed by atoms with E-state index in [4.69, 9.17) is 0 Å². The molecule has 1 aliphatic rings. The summed E-state index contributed by atoms with van der Waals surface area (Å²) >= 11 is 0. The van der Waals surface area contributed by atoms with Crippen LogP contribution in [0.25, 0.3) is 0 Å². The maximum atomic E-state index is 12.5. The summed E-state index contributed by atoms with van der Waals surface area (Å²) in [4.78, 5) is 20.6. The van der Waals surface area contributed by atoms with Crippen molar-refractivity contribution in [2.75, 3.05) is 25.0 Å². The molecule has 7 heteroatoms. The number of piperidine rings is 1. The molecule has 0 unspecified atom stereocenters. The van der Waals surface area contributed by atoms with Gasteiger partial charge in [-0.3, -0.25) is 4.79 Å². The van der Waals surface area contributed by atoms with Crippen molar-refractivity contribution in [3.05, 3.63) is 18.3 Å². The Morgan fingerprint density at radius 3 is 2.23 bits per heavy atom. The van der Waals surface area contributed by atoms with Gasteiger partial charge in [0.05, 0.1) is 16.6 Å². The van der Waals surface area contributed by atoms with E-state index in [1.807, 2.05) is 31.9 Å². The fourth-order valence-electron chi connectivity index (χ4n) is 2.96. The number of carbonyl (C=O) groups is 1. The second-order valence-electron chi connectivity index (χ2n) is 8.27. The molecule has 2 heterocycles. The fourth-order valence-corrected chi connectivity index (χ4v) is 4.03. The van der Waals surface area contributed by atoms with Gasteiger partial charge in [-0.1, -0.05) is 0 Å². The van der Waals surface area contributed by atoms with Gasteiger partial charge >= 0.3 is 0 Å². The van der Waals surface area contributed by atoms with Crippen LogP contribution in [0, 0.1) is 5.92 Å². The van der Waals surface area contributed by atoms with Crippen molar-refractivity contribution in [2.45, 2.75) is 63.3 Å². The van der Waals surface area contributed by atoms with Crippen LogP contribution in [0.1, 0.15) is 47.5 Å². The lowest BCUT2D eigenvalue weighted by Gasteiger charge is -2.35. The van der Waals surface area contributed by atoms with Crippen molar-refractivity contribution in [3.8, 4) is 0 Å². The van der Waals surface area contributed by atoms with Gasteiger partial charge < -0.3 is 9.80 Å². The van der Waals surface area contributed by atoms with Crippen LogP contribution in [-0.2, 0) is 14.6 Å². The highest BCUT2D eigenvalue weighted by atomic mass is 32.2. The van der Waals surface area contributed by atoms with Gasteiger partial charge in [0.25, 0.3) is 0 Å². The molecular formula is C19H31N3O3S. The number of hydrogen-bond donors (Lipinski definition) is 0. The largest absolute Gasteiger partial charge is 0.370 e. The van der Waals surface area contributed by atoms with E-state index >= 15 is 0 Å². The van der Waals surface area contributed by atoms with Gasteiger partial charge in [-0.25, -0.2) is 13.4 Å². The predicted molar refractivity (Wildman–Crippen MR) is 104 cm³/mol. The van der Waals surface area contributed by atoms with Crippen LogP contribution < -0.4 is 4.90 Å². The molecule has 0 radical (unpaired) electrons. The Hall–Kier alpha value is -1.63. The van der Waals surface area contributed by atoms with Gasteiger partial charge in [0.15, 0.2) is 14.9 Å². The van der Waals surface area contributed by atoms with E-state index in [-0.39, 0.29) is 22.9 Å². The minimum Gasteiger partial charge on any atom is -0.370 e. The smallest absolute Gasteiger partial charge is 0.225 e. The lowest BCUT2D eigenvalue weighted by molar-refractivity contribution is -0.136. The number of hydrogen-bond acceptors (Lipinski definition) is 5. The van der Waals surface area contributed by atoms with Gasteiger partial charge in [-0.05, 0) is 59.6 Å². The van der Waals surface area contributed by atoms with Crippen LogP contribution in [0.3, 0.4) is 0 Å². The monoisotopic (exact) mass is 381 g/mol. The highest BCUT2D eigenvalue weighted by Crippen LogP contribution is 2.27. The predicted octanol–water partition coefficient (Wildman–Crippen LogP) is 2.74. The molecule has 0 aliphatic carbocycles. The number of nitrogens with zero attached hydrogens (tertiary/aromatic N) is 3. The van der Waals surface area contributed by atoms with Gasteiger partial charge in [-0.2, -0.15) is 0 Å². The number of pyridine rings is 1. The molecule has 1 fully saturated rings. The summed E-state index contributed by atoms with van der Waals surface area (Å²) in [5.41, 5.74) is 0.904. The van der Waals surface area contributed by atoms with E-state index in [0.717, 1.165) is 31.6 Å². The molecule has 1 aliphatic heterocycles. The number of anilines is 1. The molecule has 1 amide bonds. The molecular weight excluding hydrogens is 350 g/mol. The Morgan fingerprint density at radius 1 is 1.23 bits per heavy atom. The van der Waals surface area contributed by atoms with Crippen molar-refractivity contribution >= 4 is 21.4 Å². The number of aromatic nitrogens is 1. The number of carbonyl (C=O) groups excluding carboxylic acids is 1. The van der Waals surface area contributed by atoms with Crippen LogP contribution in [0.5, 0.6) is 0 Å². The van der Waals surface area contributed by atoms with E-state index in [1.165, 1.54) is 0 Å². The van der Waals surface area contributed by atoms with Crippen molar-refractivity contribution < 1.29 is 13.2 Å². The SMILES string of the molecule is CC(C)N(C)C(=O)C1CCN(c2ccc(S(=O)(=O)C(C)(C)C)nc2)CC1. The minimum absolute atomic E-state index is 0.0622. The van der Waals surface area contributed by atoms with Gasteiger partial charge in [0.2, 0.25) is 5.91 Å². The minimum atomic E-state index is -3.44. The lowest BCUT2D eigenvalue weighted by atomic mass is 9.94. The highest BCUT2D eigenvalue weighted by Gasteiger charge is 2.32. The third-order valence-electron chi connectivity index (χ3n) is 5.13. The average molecular weight is 382 g/mol. The molecule has 0 spiro atoms. The lowest BCUT2D eigenvalue weighted by Crippen LogP contribution is -2.43. The van der Waals surface area contributed by atoms with Crippen molar-refractivity contribution in [2.24, 2.45) is 5.92 Å². The molecule has 146 valence electrons. The number of amides is 1. The molecule has 1 aromatic rings. The fraction of sp³-hybridized carbons (Fsp3) is 0.684. The Kier molecular flexibility index (Phi) is 6.00. The molecule has 26 heavy (non-hydrogen) atoms. The summed E-state index contributed by atoms with van der Waals surface area (Å²) in [6.07, 6.45) is 3.23. The van der Waals surface area contributed by atoms with Crippen molar-refractivity contribution in [1.82, 2.24) is 9.88 Å². The van der Waals surface area contributed by atoms with E-state index in [0.29, 0.717) is 0 Å². The molecule has 0 aromatic carbocycles. The molecule has 0 atom stereocenters. The summed E-state index contributed by atoms with van der Waals surface area (Å²) < 4.78 is 24.0. The standard InChI is InChI=1S/C19H31N3O3S/c1-14(2)21(6)18(23)15-9-11-22(12-10-15)16-7-8-17(20-13-16)26(24,25)19(3,4)5/h7-8,13-15H,9-12H2,1-6H3. The molecule has 0 saturated carbocycles. The summed E-state index contributed by atoms with van der Waals surface area (Å²) in [6.45, 7) is 10.6. The third kappa shape index (κ3) is 4.19. The first-order chi connectivity index (χ1) is 11.9. The summed E-state index contributed by atoms with van der Waals surface area (Å²) in [7, 11) is -1.58. The van der Waals surface area contributed by atoms with Crippen LogP contribution in [0.15, 0.2) is 23.4 Å². The summed E-state index contributed by atoms with van der Waals surface area (Å²) in [6, 6.07) is 3.61. The first-order valence-corrected chi connectivity index (χ1v) is 10.7. The first kappa shape index (κ1) is 20.7. The van der Waals surface area contributed by atoms with Crippen LogP contribution in [0.4, 0.5) is 5.69 Å². The molecule has 0 N–H and O–H groups in total. The van der Waals surface area contributed by atoms with Gasteiger partial charge in [0.1, 0.15) is 0 Å². The molecule has 1 saturated heterocycles. The second-order valence-corrected chi connectivity index (χ2v) is 10.9. The number of sulfone groups is 1. The van der Waals surface area contributed by atoms with E-state index in [2.05, 4.69) is 9.88 Å². The zero-order valence-electron chi connectivity index (χ0n) is 16.7. The highest BCUT2D eigenvalue weighted by molar-refractivity contribution is 7.92. The van der Waals surface area contributed by atoms with Gasteiger partial charge in [-0.15, -0.1) is 0 Å². The molecule has 0 bridgehead atoms. The van der Waals surface area contributed by atoms with Crippen molar-refractivity contribution in [1.29, 1.82) is 0 Å². The summed E-state index contributed by atoms with van der Waals surface area (Å²) in [5, 5.41) is 0.109. The quantitative estimate of drug-likeness (QED) is 0.802. The maximum absolute atomic E-state index is 12.5. The van der Waals surface area contributed by atoms with Crippen LogP contribution in [0.2, 0.25) is 0 Å². The average Bonchev–Trinajstić information content (AvgIpc) is 2.59. The zero-order chi connectivity index (χ0) is 19.7. The zero-order valence-corrected chi connectivity index (χ0v) is 17.5. The molecule has 6 nitrogen and oxygen atoms in total. The van der Waals surface area contributed by atoms with Crippen molar-refractivity contribution in [3.63, 3.8) is 0 Å². The van der Waals surface area contributed by atoms with E-state index in [9.17, 15) is 13.2 Å². The Morgan fingerprint density at radius 2 is 1.81 bits per heavy atom. The molecule has 2 rings (SSSR count). The Balaban J connectivity index is 2.04. The first-order valence-electron chi connectivity index (χ1n) is 9.17. The van der Waals surface area contributed by atoms with Crippen LogP contribution in [-0.4, -0.2) is 55.1 Å². The second kappa shape index (κ2) is 7.55. The van der Waals surface area contributed by atoms with Gasteiger partial charge in [0, 0.05) is 32.1 Å². The topological polar surface area (TPSA) is 70.6 Å². The third-order valence-corrected chi connectivity index (χ3v) is 7.54. The van der Waals surface area contributed by atoms with E-state index in [1.54, 1.807) is 33.0 Å². The van der Waals surface area contributed by atoms with Crippen LogP contribution >= 0.6 is 0 Å². The number of rotatable bonds is 4. The Bertz CT molecular complexity index is 728. The normalized spacial score (nSPS) is 16.8.